The van der Waals surface area contributed by atoms with E-state index in [9.17, 15) is 9.18 Å². The van der Waals surface area contributed by atoms with E-state index in [1.807, 2.05) is 37.3 Å². The van der Waals surface area contributed by atoms with Crippen LogP contribution in [0.25, 0.3) is 21.8 Å². The van der Waals surface area contributed by atoms with Crippen molar-refractivity contribution in [1.29, 1.82) is 0 Å². The number of pyridine rings is 1. The number of amides is 1. The third kappa shape index (κ3) is 3.33. The number of carbonyl (C=O) groups is 1. The van der Waals surface area contributed by atoms with E-state index >= 15 is 0 Å². The highest BCUT2D eigenvalue weighted by molar-refractivity contribution is 6.07. The van der Waals surface area contributed by atoms with E-state index in [-0.39, 0.29) is 5.56 Å². The molecule has 1 fully saturated rings. The molecule has 1 aliphatic heterocycles. The Balaban J connectivity index is 1.42. The summed E-state index contributed by atoms with van der Waals surface area (Å²) in [6, 6.07) is 14.9. The van der Waals surface area contributed by atoms with Crippen molar-refractivity contribution in [2.75, 3.05) is 18.9 Å². The van der Waals surface area contributed by atoms with Crippen LogP contribution in [0.4, 0.5) is 10.1 Å². The lowest BCUT2D eigenvalue weighted by Gasteiger charge is -2.17. The molecule has 1 saturated heterocycles. The van der Waals surface area contributed by atoms with Crippen LogP contribution in [0, 0.1) is 12.7 Å². The Bertz CT molecular complexity index is 1280. The number of aromatic amines is 1. The van der Waals surface area contributed by atoms with Crippen LogP contribution in [0.5, 0.6) is 0 Å². The standard InChI is InChI=1S/C24H23FN4O/c1-14-5-6-15-10-18(19(25)13-21(15)26-14)24(30)27-17-8-7-16-11-22(28-20(16)12-17)23-4-3-9-29(23)2/h5-8,10-13,23,28H,3-4,9H2,1-2H3,(H,27,30)/t23-/m1/s1. The maximum absolute atomic E-state index is 14.6. The van der Waals surface area contributed by atoms with Crippen LogP contribution in [-0.4, -0.2) is 34.4 Å². The Labute approximate surface area is 173 Å². The molecule has 30 heavy (non-hydrogen) atoms. The third-order valence-corrected chi connectivity index (χ3v) is 5.94. The number of anilines is 1. The maximum Gasteiger partial charge on any atom is 0.258 e. The van der Waals surface area contributed by atoms with Gasteiger partial charge in [0, 0.05) is 40.1 Å². The SMILES string of the molecule is Cc1ccc2cc(C(=O)Nc3ccc4cc([C@H]5CCCN5C)[nH]c4c3)c(F)cc2n1. The summed E-state index contributed by atoms with van der Waals surface area (Å²) in [6.45, 7) is 2.96. The van der Waals surface area contributed by atoms with Gasteiger partial charge in [-0.25, -0.2) is 4.39 Å². The summed E-state index contributed by atoms with van der Waals surface area (Å²) >= 11 is 0. The minimum absolute atomic E-state index is 0.00741. The first kappa shape index (κ1) is 18.8. The number of halogens is 1. The summed E-state index contributed by atoms with van der Waals surface area (Å²) in [5.74, 6) is -1.05. The van der Waals surface area contributed by atoms with E-state index in [4.69, 9.17) is 0 Å². The van der Waals surface area contributed by atoms with Gasteiger partial charge in [0.05, 0.1) is 11.1 Å². The summed E-state index contributed by atoms with van der Waals surface area (Å²) in [4.78, 5) is 22.9. The first-order chi connectivity index (χ1) is 14.5. The van der Waals surface area contributed by atoms with Crippen LogP contribution >= 0.6 is 0 Å². The predicted molar refractivity (Wildman–Crippen MR) is 117 cm³/mol. The fraction of sp³-hybridized carbons (Fsp3) is 0.250. The molecule has 5 rings (SSSR count). The molecule has 2 aromatic heterocycles. The first-order valence-corrected chi connectivity index (χ1v) is 10.2. The van der Waals surface area contributed by atoms with Crippen molar-refractivity contribution in [3.63, 3.8) is 0 Å². The Morgan fingerprint density at radius 1 is 1.17 bits per heavy atom. The molecule has 6 heteroatoms. The van der Waals surface area contributed by atoms with E-state index in [0.29, 0.717) is 17.2 Å². The second-order valence-electron chi connectivity index (χ2n) is 8.10. The number of likely N-dealkylation sites (tertiary alicyclic amines) is 1. The van der Waals surface area contributed by atoms with Gasteiger partial charge in [0.25, 0.3) is 5.91 Å². The van der Waals surface area contributed by atoms with Crippen molar-refractivity contribution < 1.29 is 9.18 Å². The lowest BCUT2D eigenvalue weighted by molar-refractivity contribution is 0.102. The number of aryl methyl sites for hydroxylation is 1. The molecule has 0 unspecified atom stereocenters. The summed E-state index contributed by atoms with van der Waals surface area (Å²) < 4.78 is 14.6. The summed E-state index contributed by atoms with van der Waals surface area (Å²) in [5.41, 5.74) is 4.14. The summed E-state index contributed by atoms with van der Waals surface area (Å²) in [7, 11) is 2.14. The molecule has 152 valence electrons. The average Bonchev–Trinajstić information content (AvgIpc) is 3.32. The molecule has 0 aliphatic carbocycles. The van der Waals surface area contributed by atoms with Gasteiger partial charge in [-0.2, -0.15) is 0 Å². The van der Waals surface area contributed by atoms with Gasteiger partial charge in [-0.05, 0) is 69.1 Å². The molecule has 2 aromatic carbocycles. The van der Waals surface area contributed by atoms with Gasteiger partial charge in [0.15, 0.2) is 0 Å². The van der Waals surface area contributed by atoms with Gasteiger partial charge in [-0.3, -0.25) is 14.7 Å². The molecular formula is C24H23FN4O. The van der Waals surface area contributed by atoms with E-state index in [2.05, 4.69) is 33.3 Å². The van der Waals surface area contributed by atoms with Crippen molar-refractivity contribution in [2.24, 2.45) is 0 Å². The first-order valence-electron chi connectivity index (χ1n) is 10.2. The Kier molecular flexibility index (Phi) is 4.51. The topological polar surface area (TPSA) is 61.0 Å². The third-order valence-electron chi connectivity index (χ3n) is 5.94. The van der Waals surface area contributed by atoms with Crippen LogP contribution in [0.3, 0.4) is 0 Å². The van der Waals surface area contributed by atoms with E-state index in [0.717, 1.165) is 34.9 Å². The van der Waals surface area contributed by atoms with E-state index < -0.39 is 11.7 Å². The van der Waals surface area contributed by atoms with Gasteiger partial charge in [-0.1, -0.05) is 12.1 Å². The van der Waals surface area contributed by atoms with E-state index in [1.54, 1.807) is 6.07 Å². The largest absolute Gasteiger partial charge is 0.357 e. The average molecular weight is 402 g/mol. The molecule has 1 amide bonds. The highest BCUT2D eigenvalue weighted by atomic mass is 19.1. The molecule has 1 aliphatic rings. The van der Waals surface area contributed by atoms with Crippen molar-refractivity contribution in [1.82, 2.24) is 14.9 Å². The summed E-state index contributed by atoms with van der Waals surface area (Å²) in [5, 5.41) is 4.66. The molecule has 0 bridgehead atoms. The molecule has 1 atom stereocenters. The fourth-order valence-corrected chi connectivity index (χ4v) is 4.33. The van der Waals surface area contributed by atoms with Gasteiger partial charge in [0.2, 0.25) is 0 Å². The number of fused-ring (bicyclic) bond motifs is 2. The molecule has 0 spiro atoms. The van der Waals surface area contributed by atoms with Crippen LogP contribution < -0.4 is 5.32 Å². The normalized spacial score (nSPS) is 17.1. The van der Waals surface area contributed by atoms with Gasteiger partial charge in [-0.15, -0.1) is 0 Å². The molecule has 0 radical (unpaired) electrons. The van der Waals surface area contributed by atoms with Crippen molar-refractivity contribution in [3.8, 4) is 0 Å². The van der Waals surface area contributed by atoms with Crippen LogP contribution in [0.15, 0.2) is 48.5 Å². The molecule has 5 nitrogen and oxygen atoms in total. The van der Waals surface area contributed by atoms with Gasteiger partial charge >= 0.3 is 0 Å². The number of aromatic nitrogens is 2. The Morgan fingerprint density at radius 3 is 2.80 bits per heavy atom. The number of nitrogens with zero attached hydrogens (tertiary/aromatic N) is 2. The smallest absolute Gasteiger partial charge is 0.258 e. The lowest BCUT2D eigenvalue weighted by atomic mass is 10.1. The van der Waals surface area contributed by atoms with Crippen molar-refractivity contribution >= 4 is 33.4 Å². The number of hydrogen-bond acceptors (Lipinski definition) is 3. The molecule has 2 N–H and O–H groups in total. The highest BCUT2D eigenvalue weighted by Gasteiger charge is 2.24. The van der Waals surface area contributed by atoms with Gasteiger partial charge in [0.1, 0.15) is 5.82 Å². The second-order valence-corrected chi connectivity index (χ2v) is 8.10. The molecule has 0 saturated carbocycles. The second kappa shape index (κ2) is 7.22. The van der Waals surface area contributed by atoms with Crippen LogP contribution in [0.1, 0.15) is 40.6 Å². The monoisotopic (exact) mass is 402 g/mol. The number of hydrogen-bond donors (Lipinski definition) is 2. The molecule has 3 heterocycles. The van der Waals surface area contributed by atoms with Crippen molar-refractivity contribution in [2.45, 2.75) is 25.8 Å². The number of nitrogens with one attached hydrogen (secondary N) is 2. The van der Waals surface area contributed by atoms with Crippen LogP contribution in [-0.2, 0) is 0 Å². The number of carbonyl (C=O) groups excluding carboxylic acids is 1. The molecular weight excluding hydrogens is 379 g/mol. The Hall–Kier alpha value is -3.25. The zero-order valence-corrected chi connectivity index (χ0v) is 17.0. The van der Waals surface area contributed by atoms with Gasteiger partial charge < -0.3 is 10.3 Å². The Morgan fingerprint density at radius 2 is 2.00 bits per heavy atom. The highest BCUT2D eigenvalue weighted by Crippen LogP contribution is 2.32. The number of rotatable bonds is 3. The quantitative estimate of drug-likeness (QED) is 0.496. The fourth-order valence-electron chi connectivity index (χ4n) is 4.33. The number of benzene rings is 2. The minimum atomic E-state index is -0.578. The predicted octanol–water partition coefficient (Wildman–Crippen LogP) is 5.18. The maximum atomic E-state index is 14.6. The van der Waals surface area contributed by atoms with E-state index in [1.165, 1.54) is 18.2 Å². The molecule has 4 aromatic rings. The zero-order chi connectivity index (χ0) is 20.8. The lowest BCUT2D eigenvalue weighted by Crippen LogP contribution is -2.17. The van der Waals surface area contributed by atoms with Crippen molar-refractivity contribution in [3.05, 3.63) is 71.3 Å². The zero-order valence-electron chi connectivity index (χ0n) is 17.0. The number of H-pyrrole nitrogens is 1. The minimum Gasteiger partial charge on any atom is -0.357 e. The summed E-state index contributed by atoms with van der Waals surface area (Å²) in [6.07, 6.45) is 2.34. The van der Waals surface area contributed by atoms with Crippen LogP contribution in [0.2, 0.25) is 0 Å².